The lowest BCUT2D eigenvalue weighted by molar-refractivity contribution is -0.224. The van der Waals surface area contributed by atoms with Crippen LogP contribution in [0.2, 0.25) is 0 Å². The summed E-state index contributed by atoms with van der Waals surface area (Å²) in [4.78, 5) is 68.2. The minimum atomic E-state index is -2.30. The van der Waals surface area contributed by atoms with Crippen LogP contribution >= 0.6 is 0 Å². The van der Waals surface area contributed by atoms with E-state index in [9.17, 15) is 29.1 Å². The largest absolute Gasteiger partial charge is 0.504 e. The lowest BCUT2D eigenvalue weighted by Crippen LogP contribution is -2.77. The molecule has 8 nitrogen and oxygen atoms in total. The molecule has 3 aliphatic carbocycles. The molecule has 4 rings (SSSR count). The number of aliphatic hydroxyl groups is 1. The first-order valence-corrected chi connectivity index (χ1v) is 11.6. The first-order chi connectivity index (χ1) is 15.5. The van der Waals surface area contributed by atoms with Crippen molar-refractivity contribution >= 4 is 29.3 Å². The number of carbonyl (C=O) groups excluding carboxylic acids is 5. The zero-order chi connectivity index (χ0) is 25.8. The number of rotatable bonds is 1. The summed E-state index contributed by atoms with van der Waals surface area (Å²) in [6.45, 7) is 13.6. The third-order valence-corrected chi connectivity index (χ3v) is 9.76. The number of hydrogen-bond acceptors (Lipinski definition) is 8. The fraction of sp³-hybridized carbons (Fsp3) is 0.654. The van der Waals surface area contributed by atoms with Gasteiger partial charge in [-0.25, -0.2) is 0 Å². The number of methoxy groups -OCH3 is 1. The number of Topliss-reactive ketones (excluding diaryl/α,β-unsaturated/α-hetero) is 3. The minimum absolute atomic E-state index is 0.101. The van der Waals surface area contributed by atoms with Crippen molar-refractivity contribution in [1.29, 1.82) is 0 Å². The summed E-state index contributed by atoms with van der Waals surface area (Å²) in [5.41, 5.74) is -7.45. The monoisotopic (exact) mass is 472 g/mol. The molecule has 0 radical (unpaired) electrons. The number of hydrogen-bond donors (Lipinski definition) is 1. The maximum absolute atomic E-state index is 14.2. The highest BCUT2D eigenvalue weighted by atomic mass is 16.6. The molecule has 0 aromatic heterocycles. The van der Waals surface area contributed by atoms with E-state index >= 15 is 0 Å². The molecule has 3 fully saturated rings. The van der Waals surface area contributed by atoms with Gasteiger partial charge in [-0.15, -0.1) is 0 Å². The van der Waals surface area contributed by atoms with Gasteiger partial charge in [-0.3, -0.25) is 24.0 Å². The molecule has 4 aliphatic rings. The molecule has 1 heterocycles. The summed E-state index contributed by atoms with van der Waals surface area (Å²) in [6, 6.07) is 0. The molecule has 1 saturated heterocycles. The van der Waals surface area contributed by atoms with Gasteiger partial charge in [-0.2, -0.15) is 0 Å². The van der Waals surface area contributed by atoms with E-state index in [4.69, 9.17) is 9.47 Å². The molecule has 184 valence electrons. The molecular weight excluding hydrogens is 440 g/mol. The van der Waals surface area contributed by atoms with Gasteiger partial charge in [0.25, 0.3) is 0 Å². The summed E-state index contributed by atoms with van der Waals surface area (Å²) in [5, 5.41) is 11.4. The molecule has 0 bridgehead atoms. The summed E-state index contributed by atoms with van der Waals surface area (Å²) in [5.74, 6) is -4.88. The Morgan fingerprint density at radius 3 is 2.26 bits per heavy atom. The molecule has 1 N–H and O–H groups in total. The molecule has 34 heavy (non-hydrogen) atoms. The van der Waals surface area contributed by atoms with Crippen molar-refractivity contribution in [3.63, 3.8) is 0 Å². The van der Waals surface area contributed by atoms with Crippen LogP contribution in [0.1, 0.15) is 60.8 Å². The van der Waals surface area contributed by atoms with Crippen LogP contribution in [-0.4, -0.2) is 47.6 Å². The molecule has 2 saturated carbocycles. The van der Waals surface area contributed by atoms with E-state index in [0.717, 1.165) is 7.11 Å². The predicted molar refractivity (Wildman–Crippen MR) is 119 cm³/mol. The zero-order valence-electron chi connectivity index (χ0n) is 20.8. The van der Waals surface area contributed by atoms with E-state index in [0.29, 0.717) is 12.0 Å². The molecule has 0 spiro atoms. The first-order valence-electron chi connectivity index (χ1n) is 11.6. The Kier molecular flexibility index (Phi) is 4.78. The van der Waals surface area contributed by atoms with Gasteiger partial charge < -0.3 is 14.6 Å². The number of ketones is 3. The Morgan fingerprint density at radius 2 is 1.71 bits per heavy atom. The Labute approximate surface area is 198 Å². The van der Waals surface area contributed by atoms with Crippen LogP contribution in [0, 0.1) is 33.0 Å². The SMILES string of the molecule is C=C1CC2[C@@]3(C)CCC(=O)C(C)(C)C3=C(O)C(=O)[C@@]2(C)[C@]2(C(=O)OC)C(=O)C(C)OC(=O)[C@@]12C. The zero-order valence-corrected chi connectivity index (χ0v) is 20.8. The van der Waals surface area contributed by atoms with E-state index in [2.05, 4.69) is 6.58 Å². The Morgan fingerprint density at radius 1 is 1.12 bits per heavy atom. The van der Waals surface area contributed by atoms with Gasteiger partial charge in [0.15, 0.2) is 23.1 Å². The van der Waals surface area contributed by atoms with E-state index in [-0.39, 0.29) is 24.2 Å². The van der Waals surface area contributed by atoms with E-state index < -0.39 is 68.4 Å². The number of allylic oxidation sites excluding steroid dienone is 2. The normalized spacial score (nSPS) is 43.6. The lowest BCUT2D eigenvalue weighted by atomic mass is 9.32. The van der Waals surface area contributed by atoms with E-state index in [1.807, 2.05) is 6.92 Å². The highest BCUT2D eigenvalue weighted by molar-refractivity contribution is 6.20. The van der Waals surface area contributed by atoms with Crippen LogP contribution in [-0.2, 0) is 33.4 Å². The number of fused-ring (bicyclic) bond motifs is 5. The summed E-state index contributed by atoms with van der Waals surface area (Å²) in [7, 11) is 1.10. The molecule has 2 unspecified atom stereocenters. The van der Waals surface area contributed by atoms with Crippen LogP contribution in [0.25, 0.3) is 0 Å². The second-order valence-corrected chi connectivity index (χ2v) is 11.4. The minimum Gasteiger partial charge on any atom is -0.504 e. The third kappa shape index (κ3) is 2.19. The van der Waals surface area contributed by atoms with E-state index in [1.165, 1.54) is 20.8 Å². The second kappa shape index (κ2) is 6.67. The summed E-state index contributed by atoms with van der Waals surface area (Å²) in [6.07, 6.45) is -0.646. The van der Waals surface area contributed by atoms with Gasteiger partial charge in [-0.05, 0) is 57.4 Å². The Balaban J connectivity index is 2.18. The number of ether oxygens (including phenoxy) is 2. The molecule has 1 aliphatic heterocycles. The summed E-state index contributed by atoms with van der Waals surface area (Å²) < 4.78 is 10.5. The van der Waals surface area contributed by atoms with Gasteiger partial charge in [0, 0.05) is 11.8 Å². The maximum atomic E-state index is 14.2. The quantitative estimate of drug-likeness (QED) is 0.351. The average molecular weight is 473 g/mol. The van der Waals surface area contributed by atoms with Crippen LogP contribution in [0.5, 0.6) is 0 Å². The van der Waals surface area contributed by atoms with Gasteiger partial charge in [-0.1, -0.05) is 26.0 Å². The van der Waals surface area contributed by atoms with Crippen molar-refractivity contribution < 1.29 is 38.6 Å². The van der Waals surface area contributed by atoms with Crippen LogP contribution in [0.15, 0.2) is 23.5 Å². The van der Waals surface area contributed by atoms with Gasteiger partial charge in [0.2, 0.25) is 5.78 Å². The second-order valence-electron chi connectivity index (χ2n) is 11.4. The van der Waals surface area contributed by atoms with Crippen molar-refractivity contribution in [2.24, 2.45) is 33.0 Å². The van der Waals surface area contributed by atoms with Crippen molar-refractivity contribution in [3.8, 4) is 0 Å². The highest BCUT2D eigenvalue weighted by Crippen LogP contribution is 2.74. The van der Waals surface area contributed by atoms with Gasteiger partial charge >= 0.3 is 11.9 Å². The highest BCUT2D eigenvalue weighted by Gasteiger charge is 2.84. The Bertz CT molecular complexity index is 1130. The average Bonchev–Trinajstić information content (AvgIpc) is 2.76. The maximum Gasteiger partial charge on any atom is 0.322 e. The molecule has 8 heteroatoms. The molecule has 0 amide bonds. The van der Waals surface area contributed by atoms with Crippen molar-refractivity contribution in [2.45, 2.75) is 66.9 Å². The lowest BCUT2D eigenvalue weighted by Gasteiger charge is -2.67. The number of cyclic esters (lactones) is 1. The van der Waals surface area contributed by atoms with Crippen LogP contribution in [0.4, 0.5) is 0 Å². The molecular formula is C26H32O8. The standard InChI is InChI=1S/C26H32O8/c1-12-11-14-23(5)10-9-15(27)22(3,4)17(23)16(28)19(30)25(14,7)26(21(32)33-8)18(29)13(2)34-20(31)24(12,26)6/h13-14,28H,1,9-11H2,2-8H3/t13?,14?,23-,24-,25+,26+/m1/s1. The van der Waals surface area contributed by atoms with Crippen molar-refractivity contribution in [3.05, 3.63) is 23.5 Å². The third-order valence-electron chi connectivity index (χ3n) is 9.76. The Hall–Kier alpha value is -2.77. The number of esters is 2. The topological polar surface area (TPSA) is 124 Å². The van der Waals surface area contributed by atoms with Gasteiger partial charge in [0.05, 0.1) is 12.5 Å². The molecule has 0 aromatic carbocycles. The smallest absolute Gasteiger partial charge is 0.322 e. The van der Waals surface area contributed by atoms with Crippen molar-refractivity contribution in [1.82, 2.24) is 0 Å². The fourth-order valence-electron chi connectivity index (χ4n) is 7.94. The van der Waals surface area contributed by atoms with Gasteiger partial charge in [0.1, 0.15) is 11.2 Å². The number of carbonyl (C=O) groups is 5. The van der Waals surface area contributed by atoms with Crippen LogP contribution in [0.3, 0.4) is 0 Å². The summed E-state index contributed by atoms with van der Waals surface area (Å²) >= 11 is 0. The van der Waals surface area contributed by atoms with Crippen molar-refractivity contribution in [2.75, 3.05) is 7.11 Å². The predicted octanol–water partition coefficient (Wildman–Crippen LogP) is 3.04. The molecule has 0 aromatic rings. The van der Waals surface area contributed by atoms with E-state index in [1.54, 1.807) is 13.8 Å². The fourth-order valence-corrected chi connectivity index (χ4v) is 7.94. The van der Waals surface area contributed by atoms with Crippen LogP contribution < -0.4 is 0 Å². The first kappa shape index (κ1) is 24.4. The molecule has 6 atom stereocenters. The number of aliphatic hydroxyl groups excluding tert-OH is 1.